The van der Waals surface area contributed by atoms with E-state index in [4.69, 9.17) is 19.3 Å². The van der Waals surface area contributed by atoms with Gasteiger partial charge in [-0.2, -0.15) is 5.10 Å². The van der Waals surface area contributed by atoms with Crippen molar-refractivity contribution < 1.29 is 24.1 Å². The zero-order valence-electron chi connectivity index (χ0n) is 35.9. The normalized spacial score (nSPS) is 15.4. The molecule has 2 saturated heterocycles. The van der Waals surface area contributed by atoms with Gasteiger partial charge in [0.25, 0.3) is 0 Å². The lowest BCUT2D eigenvalue weighted by molar-refractivity contribution is 0.0616. The standard InChI is InChI=1S/C50H61N5O5/c1-35(2)53-27-29-54(30-28-53)39-19-21-40(22-20-39)60-34-45-47(36(3)51-52(45)4)44-17-11-16-42-43(49(50(56)57)55(48(42)44)26-23-37-24-32-58-33-25-37)15-6-5-9-31-59-46-18-10-13-38-12-7-8-14-41(38)46/h7-8,10-14,16-22,35,37H,5-6,9,15,23-34H2,1-4H3,(H,56,57). The van der Waals surface area contributed by atoms with Crippen molar-refractivity contribution in [2.45, 2.75) is 84.9 Å². The second kappa shape index (κ2) is 18.9. The average Bonchev–Trinajstić information content (AvgIpc) is 3.75. The van der Waals surface area contributed by atoms with E-state index in [9.17, 15) is 9.90 Å². The van der Waals surface area contributed by atoms with Gasteiger partial charge < -0.3 is 28.8 Å². The van der Waals surface area contributed by atoms with Crippen LogP contribution in [0.1, 0.15) is 79.8 Å². The quantitative estimate of drug-likeness (QED) is 0.0911. The first kappa shape index (κ1) is 41.4. The number of carbonyl (C=O) groups is 1. The van der Waals surface area contributed by atoms with Crippen LogP contribution in [0.2, 0.25) is 0 Å². The van der Waals surface area contributed by atoms with Gasteiger partial charge >= 0.3 is 5.97 Å². The Kier molecular flexibility index (Phi) is 13.1. The summed E-state index contributed by atoms with van der Waals surface area (Å²) in [6, 6.07) is 29.8. The second-order valence-electron chi connectivity index (χ2n) is 16.9. The number of ether oxygens (including phenoxy) is 3. The smallest absolute Gasteiger partial charge is 0.352 e. The van der Waals surface area contributed by atoms with Gasteiger partial charge in [-0.3, -0.25) is 9.58 Å². The van der Waals surface area contributed by atoms with Crippen molar-refractivity contribution in [3.8, 4) is 22.6 Å². The van der Waals surface area contributed by atoms with E-state index in [2.05, 4.69) is 88.9 Å². The Bertz CT molecular complexity index is 2380. The van der Waals surface area contributed by atoms with Crippen LogP contribution in [0.25, 0.3) is 32.8 Å². The lowest BCUT2D eigenvalue weighted by Crippen LogP contribution is -2.48. The SMILES string of the molecule is Cc1nn(C)c(COc2ccc(N3CCN(C(C)C)CC3)cc2)c1-c1cccc2c(CCCCCOc3cccc4ccccc34)c(C(=O)O)n(CCC3CCOCC3)c12. The fourth-order valence-electron chi connectivity index (χ4n) is 9.46. The molecule has 2 aliphatic heterocycles. The monoisotopic (exact) mass is 811 g/mol. The van der Waals surface area contributed by atoms with Crippen LogP contribution in [0.4, 0.5) is 5.69 Å². The van der Waals surface area contributed by atoms with Gasteiger partial charge in [0.15, 0.2) is 0 Å². The molecule has 0 amide bonds. The number of benzene rings is 4. The first-order valence-electron chi connectivity index (χ1n) is 22.1. The Hall–Kier alpha value is -5.32. The van der Waals surface area contributed by atoms with Gasteiger partial charge in [0.2, 0.25) is 0 Å². The number of carboxylic acids is 1. The third-order valence-electron chi connectivity index (χ3n) is 12.8. The highest BCUT2D eigenvalue weighted by Crippen LogP contribution is 2.39. The predicted molar refractivity (Wildman–Crippen MR) is 241 cm³/mol. The van der Waals surface area contributed by atoms with E-state index in [0.717, 1.165) is 134 Å². The van der Waals surface area contributed by atoms with Crippen molar-refractivity contribution in [1.29, 1.82) is 0 Å². The van der Waals surface area contributed by atoms with E-state index < -0.39 is 5.97 Å². The molecule has 316 valence electrons. The van der Waals surface area contributed by atoms with Crippen LogP contribution in [0, 0.1) is 12.8 Å². The minimum Gasteiger partial charge on any atom is -0.493 e. The third-order valence-corrected chi connectivity index (χ3v) is 12.8. The topological polar surface area (TPSA) is 94.2 Å². The van der Waals surface area contributed by atoms with Gasteiger partial charge in [0.1, 0.15) is 23.8 Å². The molecule has 1 N–H and O–H groups in total. The number of nitrogens with zero attached hydrogens (tertiary/aromatic N) is 5. The van der Waals surface area contributed by atoms with Crippen LogP contribution < -0.4 is 14.4 Å². The van der Waals surface area contributed by atoms with Crippen LogP contribution in [0.5, 0.6) is 11.5 Å². The number of carboxylic acid groups (broad SMARTS) is 1. The number of fused-ring (bicyclic) bond motifs is 2. The van der Waals surface area contributed by atoms with Crippen molar-refractivity contribution in [2.24, 2.45) is 13.0 Å². The van der Waals surface area contributed by atoms with Crippen LogP contribution in [0.3, 0.4) is 0 Å². The summed E-state index contributed by atoms with van der Waals surface area (Å²) < 4.78 is 22.4. The second-order valence-corrected chi connectivity index (χ2v) is 16.9. The Balaban J connectivity index is 1.04. The summed E-state index contributed by atoms with van der Waals surface area (Å²) in [5.74, 6) is 1.33. The van der Waals surface area contributed by atoms with Crippen LogP contribution in [0.15, 0.2) is 84.9 Å². The molecular weight excluding hydrogens is 751 g/mol. The zero-order chi connectivity index (χ0) is 41.6. The van der Waals surface area contributed by atoms with Crippen molar-refractivity contribution in [3.05, 3.63) is 108 Å². The van der Waals surface area contributed by atoms with Crippen molar-refractivity contribution >= 4 is 33.3 Å². The molecule has 0 aliphatic carbocycles. The summed E-state index contributed by atoms with van der Waals surface area (Å²) in [5.41, 5.74) is 7.34. The highest BCUT2D eigenvalue weighted by Gasteiger charge is 2.28. The van der Waals surface area contributed by atoms with E-state index >= 15 is 0 Å². The first-order valence-corrected chi connectivity index (χ1v) is 22.1. The maximum Gasteiger partial charge on any atom is 0.352 e. The number of rotatable bonds is 17. The number of aryl methyl sites for hydroxylation is 4. The number of hydrogen-bond acceptors (Lipinski definition) is 7. The Morgan fingerprint density at radius 3 is 2.37 bits per heavy atom. The fraction of sp³-hybridized carbons (Fsp3) is 0.440. The molecule has 60 heavy (non-hydrogen) atoms. The first-order chi connectivity index (χ1) is 29.3. The summed E-state index contributed by atoms with van der Waals surface area (Å²) in [7, 11) is 1.97. The molecule has 2 fully saturated rings. The van der Waals surface area contributed by atoms with E-state index in [1.54, 1.807) is 0 Å². The molecule has 2 aromatic heterocycles. The molecule has 0 unspecified atom stereocenters. The highest BCUT2D eigenvalue weighted by atomic mass is 16.5. The number of hydrogen-bond donors (Lipinski definition) is 1. The van der Waals surface area contributed by atoms with E-state index in [1.165, 1.54) is 11.1 Å². The molecule has 0 spiro atoms. The molecule has 0 atom stereocenters. The van der Waals surface area contributed by atoms with Gasteiger partial charge in [-0.25, -0.2) is 4.79 Å². The maximum atomic E-state index is 13.4. The molecule has 0 saturated carbocycles. The molecule has 0 bridgehead atoms. The Labute approximate surface area is 354 Å². The van der Waals surface area contributed by atoms with Gasteiger partial charge in [0.05, 0.1) is 23.5 Å². The highest BCUT2D eigenvalue weighted by molar-refractivity contribution is 6.04. The predicted octanol–water partition coefficient (Wildman–Crippen LogP) is 9.92. The van der Waals surface area contributed by atoms with Crippen LogP contribution >= 0.6 is 0 Å². The van der Waals surface area contributed by atoms with Crippen molar-refractivity contribution in [2.75, 3.05) is 50.9 Å². The van der Waals surface area contributed by atoms with Crippen LogP contribution in [-0.4, -0.2) is 82.4 Å². The fourth-order valence-corrected chi connectivity index (χ4v) is 9.46. The number of para-hydroxylation sites is 1. The molecule has 6 aromatic rings. The van der Waals surface area contributed by atoms with E-state index in [1.807, 2.05) is 42.9 Å². The molecule has 4 heterocycles. The molecule has 10 nitrogen and oxygen atoms in total. The Morgan fingerprint density at radius 1 is 0.867 bits per heavy atom. The van der Waals surface area contributed by atoms with Gasteiger partial charge in [-0.1, -0.05) is 54.6 Å². The summed E-state index contributed by atoms with van der Waals surface area (Å²) in [6.45, 7) is 13.9. The number of piperazine rings is 1. The minimum atomic E-state index is -0.880. The van der Waals surface area contributed by atoms with E-state index in [-0.39, 0.29) is 0 Å². The molecule has 2 aliphatic rings. The maximum absolute atomic E-state index is 13.4. The number of unbranched alkanes of at least 4 members (excludes halogenated alkanes) is 2. The number of aromatic carboxylic acids is 1. The van der Waals surface area contributed by atoms with Crippen molar-refractivity contribution in [1.82, 2.24) is 19.2 Å². The summed E-state index contributed by atoms with van der Waals surface area (Å²) >= 11 is 0. The minimum absolute atomic E-state index is 0.331. The summed E-state index contributed by atoms with van der Waals surface area (Å²) in [5, 5.41) is 19.2. The lowest BCUT2D eigenvalue weighted by Gasteiger charge is -2.38. The molecule has 10 heteroatoms. The molecular formula is C50H61N5O5. The van der Waals surface area contributed by atoms with E-state index in [0.29, 0.717) is 43.8 Å². The Morgan fingerprint density at radius 2 is 1.60 bits per heavy atom. The average molecular weight is 812 g/mol. The van der Waals surface area contributed by atoms with Gasteiger partial charge in [-0.15, -0.1) is 0 Å². The summed E-state index contributed by atoms with van der Waals surface area (Å²) in [4.78, 5) is 18.3. The van der Waals surface area contributed by atoms with Gasteiger partial charge in [-0.05, 0) is 113 Å². The zero-order valence-corrected chi connectivity index (χ0v) is 35.9. The number of aromatic nitrogens is 3. The van der Waals surface area contributed by atoms with Crippen LogP contribution in [-0.2, 0) is 31.4 Å². The molecule has 4 aromatic carbocycles. The number of anilines is 1. The summed E-state index contributed by atoms with van der Waals surface area (Å²) in [6.07, 6.45) is 6.25. The molecule has 8 rings (SSSR count). The van der Waals surface area contributed by atoms with Gasteiger partial charge in [0, 0.05) is 86.6 Å². The third kappa shape index (κ3) is 9.05. The molecule has 0 radical (unpaired) electrons. The van der Waals surface area contributed by atoms with Crippen molar-refractivity contribution in [3.63, 3.8) is 0 Å². The lowest BCUT2D eigenvalue weighted by atomic mass is 9.96. The largest absolute Gasteiger partial charge is 0.493 e.